The molecule has 0 aliphatic heterocycles. The van der Waals surface area contributed by atoms with Gasteiger partial charge in [-0.15, -0.1) is 10.2 Å². The normalized spacial score (nSPS) is 11.0. The van der Waals surface area contributed by atoms with E-state index in [1.165, 1.54) is 22.2 Å². The monoisotopic (exact) mass is 410 g/mol. The third kappa shape index (κ3) is 3.81. The molecule has 148 valence electrons. The molecule has 0 aliphatic rings. The summed E-state index contributed by atoms with van der Waals surface area (Å²) >= 11 is 1.32. The number of benzene rings is 1. The molecule has 29 heavy (non-hydrogen) atoms. The molecule has 0 atom stereocenters. The van der Waals surface area contributed by atoms with Gasteiger partial charge in [0.15, 0.2) is 11.5 Å². The van der Waals surface area contributed by atoms with Crippen LogP contribution < -0.4 is 15.0 Å². The number of rotatable bonds is 6. The van der Waals surface area contributed by atoms with Crippen LogP contribution in [0.3, 0.4) is 0 Å². The van der Waals surface area contributed by atoms with Gasteiger partial charge >= 0.3 is 0 Å². The maximum atomic E-state index is 12.3. The Morgan fingerprint density at radius 2 is 1.93 bits per heavy atom. The fourth-order valence-corrected chi connectivity index (χ4v) is 3.53. The molecule has 3 heterocycles. The Morgan fingerprint density at radius 3 is 2.72 bits per heavy atom. The SMILES string of the molecule is COc1ccc(-c2nnc(SCc3cc(=O)n4cccc(C)c4n3)o2)cc1OC. The van der Waals surface area contributed by atoms with Crippen molar-refractivity contribution in [2.75, 3.05) is 14.2 Å². The molecule has 0 saturated carbocycles. The molecule has 0 saturated heterocycles. The molecule has 4 aromatic rings. The van der Waals surface area contributed by atoms with Crippen LogP contribution in [0.2, 0.25) is 0 Å². The van der Waals surface area contributed by atoms with Crippen LogP contribution in [0.15, 0.2) is 57.0 Å². The van der Waals surface area contributed by atoms with E-state index in [1.807, 2.05) is 25.1 Å². The Bertz CT molecular complexity index is 1230. The molecule has 0 fully saturated rings. The zero-order chi connectivity index (χ0) is 20.4. The number of methoxy groups -OCH3 is 2. The lowest BCUT2D eigenvalue weighted by atomic mass is 10.2. The highest BCUT2D eigenvalue weighted by molar-refractivity contribution is 7.98. The summed E-state index contributed by atoms with van der Waals surface area (Å²) < 4.78 is 17.8. The zero-order valence-electron chi connectivity index (χ0n) is 16.1. The van der Waals surface area contributed by atoms with Gasteiger partial charge in [-0.25, -0.2) is 4.98 Å². The minimum Gasteiger partial charge on any atom is -0.493 e. The van der Waals surface area contributed by atoms with Gasteiger partial charge in [-0.1, -0.05) is 17.8 Å². The number of hydrogen-bond acceptors (Lipinski definition) is 8. The molecule has 0 spiro atoms. The second-order valence-corrected chi connectivity index (χ2v) is 7.13. The van der Waals surface area contributed by atoms with Gasteiger partial charge in [0.05, 0.1) is 19.9 Å². The van der Waals surface area contributed by atoms with Crippen LogP contribution in [0.25, 0.3) is 17.1 Å². The van der Waals surface area contributed by atoms with Crippen molar-refractivity contribution in [3.63, 3.8) is 0 Å². The van der Waals surface area contributed by atoms with Gasteiger partial charge in [-0.2, -0.15) is 0 Å². The second kappa shape index (κ2) is 7.96. The van der Waals surface area contributed by atoms with E-state index in [0.29, 0.717) is 39.7 Å². The molecule has 0 radical (unpaired) electrons. The van der Waals surface area contributed by atoms with Gasteiger partial charge in [0.1, 0.15) is 5.65 Å². The number of nitrogens with zero attached hydrogens (tertiary/aromatic N) is 4. The quantitative estimate of drug-likeness (QED) is 0.447. The highest BCUT2D eigenvalue weighted by Crippen LogP contribution is 2.33. The third-order valence-corrected chi connectivity index (χ3v) is 5.17. The first-order valence-electron chi connectivity index (χ1n) is 8.75. The summed E-state index contributed by atoms with van der Waals surface area (Å²) in [5.74, 6) is 2.01. The van der Waals surface area contributed by atoms with Crippen molar-refractivity contribution in [2.24, 2.45) is 0 Å². The Balaban J connectivity index is 1.54. The van der Waals surface area contributed by atoms with E-state index >= 15 is 0 Å². The van der Waals surface area contributed by atoms with E-state index in [1.54, 1.807) is 32.5 Å². The van der Waals surface area contributed by atoms with Crippen molar-refractivity contribution in [2.45, 2.75) is 17.9 Å². The maximum absolute atomic E-state index is 12.3. The zero-order valence-corrected chi connectivity index (χ0v) is 16.9. The van der Waals surface area contributed by atoms with Crippen LogP contribution in [-0.2, 0) is 5.75 Å². The topological polar surface area (TPSA) is 91.8 Å². The lowest BCUT2D eigenvalue weighted by Gasteiger charge is -2.07. The number of aromatic nitrogens is 4. The van der Waals surface area contributed by atoms with E-state index in [2.05, 4.69) is 15.2 Å². The van der Waals surface area contributed by atoms with Crippen LogP contribution in [-0.4, -0.2) is 33.8 Å². The minimum absolute atomic E-state index is 0.120. The van der Waals surface area contributed by atoms with E-state index in [4.69, 9.17) is 13.9 Å². The molecule has 0 amide bonds. The van der Waals surface area contributed by atoms with Crippen molar-refractivity contribution in [3.8, 4) is 23.0 Å². The maximum Gasteiger partial charge on any atom is 0.277 e. The van der Waals surface area contributed by atoms with Gasteiger partial charge in [-0.3, -0.25) is 9.20 Å². The third-order valence-electron chi connectivity index (χ3n) is 4.32. The lowest BCUT2D eigenvalue weighted by molar-refractivity contribution is 0.355. The number of ether oxygens (including phenoxy) is 2. The largest absolute Gasteiger partial charge is 0.493 e. The van der Waals surface area contributed by atoms with Crippen molar-refractivity contribution < 1.29 is 13.9 Å². The Kier molecular flexibility index (Phi) is 5.22. The van der Waals surface area contributed by atoms with Gasteiger partial charge < -0.3 is 13.9 Å². The Hall–Kier alpha value is -3.33. The molecule has 0 aliphatic carbocycles. The predicted octanol–water partition coefficient (Wildman–Crippen LogP) is 3.36. The van der Waals surface area contributed by atoms with Gasteiger partial charge in [0, 0.05) is 23.6 Å². The van der Waals surface area contributed by atoms with Gasteiger partial charge in [-0.05, 0) is 36.8 Å². The fourth-order valence-electron chi connectivity index (χ4n) is 2.87. The molecule has 0 unspecified atom stereocenters. The smallest absolute Gasteiger partial charge is 0.277 e. The number of hydrogen-bond donors (Lipinski definition) is 0. The molecule has 4 rings (SSSR count). The van der Waals surface area contributed by atoms with Crippen molar-refractivity contribution >= 4 is 17.4 Å². The molecule has 0 N–H and O–H groups in total. The van der Waals surface area contributed by atoms with Crippen molar-refractivity contribution in [3.05, 3.63) is 64.2 Å². The second-order valence-electron chi connectivity index (χ2n) is 6.20. The van der Waals surface area contributed by atoms with E-state index in [-0.39, 0.29) is 5.56 Å². The molecule has 8 nitrogen and oxygen atoms in total. The molecular weight excluding hydrogens is 392 g/mol. The van der Waals surface area contributed by atoms with E-state index in [9.17, 15) is 4.79 Å². The van der Waals surface area contributed by atoms with E-state index < -0.39 is 0 Å². The standard InChI is InChI=1S/C20H18N4O4S/c1-12-5-4-8-24-17(25)10-14(21-18(12)24)11-29-20-23-22-19(28-20)13-6-7-15(26-2)16(9-13)27-3/h4-10H,11H2,1-3H3. The summed E-state index contributed by atoms with van der Waals surface area (Å²) in [5.41, 5.74) is 2.84. The molecule has 0 bridgehead atoms. The summed E-state index contributed by atoms with van der Waals surface area (Å²) in [6.45, 7) is 1.92. The highest BCUT2D eigenvalue weighted by Gasteiger charge is 2.13. The number of thioether (sulfide) groups is 1. The average molecular weight is 410 g/mol. The summed E-state index contributed by atoms with van der Waals surface area (Å²) in [6, 6.07) is 10.6. The lowest BCUT2D eigenvalue weighted by Crippen LogP contribution is -2.15. The van der Waals surface area contributed by atoms with Crippen LogP contribution in [0.5, 0.6) is 11.5 Å². The van der Waals surface area contributed by atoms with Crippen LogP contribution in [0.1, 0.15) is 11.3 Å². The minimum atomic E-state index is -0.120. The van der Waals surface area contributed by atoms with E-state index in [0.717, 1.165) is 11.1 Å². The Labute approximate surface area is 170 Å². The van der Waals surface area contributed by atoms with Crippen LogP contribution in [0, 0.1) is 6.92 Å². The van der Waals surface area contributed by atoms with Crippen LogP contribution in [0.4, 0.5) is 0 Å². The first-order chi connectivity index (χ1) is 14.1. The predicted molar refractivity (Wildman–Crippen MR) is 109 cm³/mol. The summed E-state index contributed by atoms with van der Waals surface area (Å²) in [7, 11) is 3.14. The summed E-state index contributed by atoms with van der Waals surface area (Å²) in [6.07, 6.45) is 1.71. The molecule has 1 aromatic carbocycles. The molecule has 3 aromatic heterocycles. The summed E-state index contributed by atoms with van der Waals surface area (Å²) in [5, 5.41) is 8.55. The number of fused-ring (bicyclic) bond motifs is 1. The van der Waals surface area contributed by atoms with Gasteiger partial charge in [0.25, 0.3) is 10.8 Å². The Morgan fingerprint density at radius 1 is 1.10 bits per heavy atom. The number of pyridine rings is 1. The van der Waals surface area contributed by atoms with Crippen molar-refractivity contribution in [1.82, 2.24) is 19.6 Å². The molecular formula is C20H18N4O4S. The number of aryl methyl sites for hydroxylation is 1. The fraction of sp³-hybridized carbons (Fsp3) is 0.200. The average Bonchev–Trinajstić information content (AvgIpc) is 3.21. The molecule has 9 heteroatoms. The first kappa shape index (κ1) is 19.0. The van der Waals surface area contributed by atoms with Crippen LogP contribution >= 0.6 is 11.8 Å². The van der Waals surface area contributed by atoms with Crippen molar-refractivity contribution in [1.29, 1.82) is 0 Å². The first-order valence-corrected chi connectivity index (χ1v) is 9.74. The van der Waals surface area contributed by atoms with Gasteiger partial charge in [0.2, 0.25) is 5.89 Å². The summed E-state index contributed by atoms with van der Waals surface area (Å²) in [4.78, 5) is 16.9. The highest BCUT2D eigenvalue weighted by atomic mass is 32.2.